The van der Waals surface area contributed by atoms with Crippen molar-refractivity contribution < 1.29 is 52.3 Å². The molecule has 71 heavy (non-hydrogen) atoms. The normalized spacial score (nSPS) is 26.0. The summed E-state index contributed by atoms with van der Waals surface area (Å²) in [6.45, 7) is 0.927. The Hall–Kier alpha value is -6.37. The largest absolute Gasteiger partial charge is 0.374 e. The summed E-state index contributed by atoms with van der Waals surface area (Å²) in [7, 11) is 0. The molecule has 0 aliphatic carbocycles. The van der Waals surface area contributed by atoms with Crippen LogP contribution in [0.5, 0.6) is 0 Å². The topological polar surface area (TPSA) is 184 Å². The molecule has 10 atom stereocenters. The summed E-state index contributed by atoms with van der Waals surface area (Å²) in [6.07, 6.45) is -7.04. The van der Waals surface area contributed by atoms with E-state index in [1.165, 1.54) is 12.1 Å². The van der Waals surface area contributed by atoms with E-state index in [1.807, 2.05) is 152 Å². The number of azide groups is 1. The molecule has 0 aromatic heterocycles. The maximum absolute atomic E-state index is 11.4. The fraction of sp³-hybridized carbons (Fsp3) is 0.345. The highest BCUT2D eigenvalue weighted by molar-refractivity contribution is 5.33. The summed E-state index contributed by atoms with van der Waals surface area (Å²) in [4.78, 5) is 14.2. The number of hydrogen-bond donors (Lipinski definition) is 0. The molecule has 6 aromatic carbocycles. The van der Waals surface area contributed by atoms with E-state index in [1.54, 1.807) is 12.1 Å². The van der Waals surface area contributed by atoms with Crippen LogP contribution in [0.3, 0.4) is 0 Å². The summed E-state index contributed by atoms with van der Waals surface area (Å²) in [5.74, 6) is -1.78. The molecular weight excluding hydrogens is 909 g/mol. The minimum atomic E-state index is -1.78. The van der Waals surface area contributed by atoms with Gasteiger partial charge in [0.15, 0.2) is 12.6 Å². The van der Waals surface area contributed by atoms with Crippen molar-refractivity contribution in [1.29, 1.82) is 0 Å². The van der Waals surface area contributed by atoms with Gasteiger partial charge in [-0.15, -0.1) is 0 Å². The number of nitro benzene ring substituents is 1. The molecule has 16 nitrogen and oxygen atoms in total. The van der Waals surface area contributed by atoms with Crippen molar-refractivity contribution in [3.05, 3.63) is 230 Å². The van der Waals surface area contributed by atoms with E-state index in [-0.39, 0.29) is 51.9 Å². The molecule has 3 aliphatic heterocycles. The molecule has 0 N–H and O–H groups in total. The molecule has 3 saturated heterocycles. The molecule has 0 spiro atoms. The highest BCUT2D eigenvalue weighted by Gasteiger charge is 2.62. The lowest BCUT2D eigenvalue weighted by Crippen LogP contribution is -2.66. The fourth-order valence-electron chi connectivity index (χ4n) is 9.01. The zero-order valence-electron chi connectivity index (χ0n) is 39.0. The van der Waals surface area contributed by atoms with E-state index in [2.05, 4.69) is 10.0 Å². The first-order valence-corrected chi connectivity index (χ1v) is 23.7. The van der Waals surface area contributed by atoms with Gasteiger partial charge in [0.2, 0.25) is 5.79 Å². The van der Waals surface area contributed by atoms with E-state index < -0.39 is 66.0 Å². The third-order valence-electron chi connectivity index (χ3n) is 12.5. The fourth-order valence-corrected chi connectivity index (χ4v) is 9.01. The number of nitro groups is 1. The lowest BCUT2D eigenvalue weighted by atomic mass is 9.94. The number of fused-ring (bicyclic) bond motifs is 1. The van der Waals surface area contributed by atoms with Gasteiger partial charge >= 0.3 is 0 Å². The minimum absolute atomic E-state index is 0.0228. The molecule has 0 saturated carbocycles. The Kier molecular flexibility index (Phi) is 17.2. The van der Waals surface area contributed by atoms with Crippen LogP contribution in [0.25, 0.3) is 10.4 Å². The van der Waals surface area contributed by atoms with Crippen molar-refractivity contribution in [2.45, 2.75) is 93.9 Å². The summed E-state index contributed by atoms with van der Waals surface area (Å²) in [6, 6.07) is 53.8. The van der Waals surface area contributed by atoms with Crippen LogP contribution in [0, 0.1) is 10.1 Å². The first-order valence-electron chi connectivity index (χ1n) is 23.7. The number of nitrogens with zero attached hydrogens (tertiary/aromatic N) is 4. The molecule has 1 unspecified atom stereocenters. The van der Waals surface area contributed by atoms with Crippen LogP contribution in [0.1, 0.15) is 39.7 Å². The van der Waals surface area contributed by atoms with Gasteiger partial charge in [-0.1, -0.05) is 169 Å². The van der Waals surface area contributed by atoms with E-state index in [4.69, 9.17) is 47.4 Å². The van der Waals surface area contributed by atoms with E-state index >= 15 is 0 Å². The van der Waals surface area contributed by atoms with Gasteiger partial charge in [-0.2, -0.15) is 0 Å². The molecule has 9 rings (SSSR count). The molecule has 0 bridgehead atoms. The van der Waals surface area contributed by atoms with Gasteiger partial charge < -0.3 is 47.4 Å². The molecular formula is C55H56N4O12. The third-order valence-corrected chi connectivity index (χ3v) is 12.5. The highest BCUT2D eigenvalue weighted by Crippen LogP contribution is 2.44. The number of non-ortho nitro benzene ring substituents is 1. The Morgan fingerprint density at radius 3 is 1.80 bits per heavy atom. The van der Waals surface area contributed by atoms with Crippen molar-refractivity contribution in [3.8, 4) is 0 Å². The second kappa shape index (κ2) is 24.6. The second-order valence-electron chi connectivity index (χ2n) is 17.5. The van der Waals surface area contributed by atoms with Crippen LogP contribution in [0.15, 0.2) is 181 Å². The molecule has 3 heterocycles. The first kappa shape index (κ1) is 49.6. The summed E-state index contributed by atoms with van der Waals surface area (Å²) < 4.78 is 68.0. The van der Waals surface area contributed by atoms with Gasteiger partial charge in [0.1, 0.15) is 49.3 Å². The monoisotopic (exact) mass is 964 g/mol. The quantitative estimate of drug-likeness (QED) is 0.0195. The molecule has 3 fully saturated rings. The van der Waals surface area contributed by atoms with Gasteiger partial charge in [0, 0.05) is 22.6 Å². The van der Waals surface area contributed by atoms with Gasteiger partial charge in [-0.3, -0.25) is 10.1 Å². The third kappa shape index (κ3) is 12.9. The molecule has 368 valence electrons. The Labute approximate surface area is 412 Å². The summed E-state index contributed by atoms with van der Waals surface area (Å²) >= 11 is 0. The van der Waals surface area contributed by atoms with Gasteiger partial charge in [-0.05, 0) is 39.8 Å². The SMILES string of the molecule is [N-]=[N+]=N[C@@H]1[C@H](OCCc2ccc([N+](=O)[O-])cc2)O[C@@H]2CO[C@@H](c3ccccc3)O[C@H]2[C@@H]1OC1(COCc2ccccc2)O[C@H](COCc2ccccc2)[C@@H](OCc2ccccc2)[C@@H]1OCc1ccccc1. The van der Waals surface area contributed by atoms with Crippen LogP contribution in [0.4, 0.5) is 5.69 Å². The summed E-state index contributed by atoms with van der Waals surface area (Å²) in [5, 5.41) is 15.7. The first-order chi connectivity index (χ1) is 34.9. The van der Waals surface area contributed by atoms with Gasteiger partial charge in [-0.25, -0.2) is 0 Å². The van der Waals surface area contributed by atoms with Gasteiger partial charge in [0.25, 0.3) is 5.69 Å². The average molecular weight is 965 g/mol. The van der Waals surface area contributed by atoms with Crippen LogP contribution in [0.2, 0.25) is 0 Å². The molecule has 16 heteroatoms. The number of benzene rings is 6. The van der Waals surface area contributed by atoms with Crippen LogP contribution in [-0.4, -0.2) is 86.1 Å². The van der Waals surface area contributed by atoms with Crippen molar-refractivity contribution >= 4 is 5.69 Å². The molecule has 0 amide bonds. The predicted octanol–water partition coefficient (Wildman–Crippen LogP) is 9.76. The lowest BCUT2D eigenvalue weighted by Gasteiger charge is -2.50. The molecule has 3 aliphatic rings. The standard InChI is InChI=1S/C55H56N4O12/c56-58-57-48-51(49-46(37-67-53(69-49)44-24-14-5-15-25-44)68-54(48)64-31-30-39-26-28-45(29-27-39)59(60)61)71-55(38-63-33-41-18-8-2-9-19-41)52(66-35-43-22-12-4-13-23-43)50(65-34-42-20-10-3-11-21-42)47(70-55)36-62-32-40-16-6-1-7-17-40/h1-29,46-54H,30-38H2/t46-,47-,48+,49-,50-,51-,52+,53-,54-,55?/m1/s1. The van der Waals surface area contributed by atoms with Crippen LogP contribution in [-0.2, 0) is 80.2 Å². The molecule has 0 radical (unpaired) electrons. The van der Waals surface area contributed by atoms with Crippen molar-refractivity contribution in [2.75, 3.05) is 26.4 Å². The lowest BCUT2D eigenvalue weighted by molar-refractivity contribution is -0.384. The van der Waals surface area contributed by atoms with Crippen molar-refractivity contribution in [2.24, 2.45) is 5.11 Å². The maximum Gasteiger partial charge on any atom is 0.269 e. The molecule has 6 aromatic rings. The van der Waals surface area contributed by atoms with Crippen molar-refractivity contribution in [3.63, 3.8) is 0 Å². The van der Waals surface area contributed by atoms with E-state index in [0.717, 1.165) is 33.4 Å². The smallest absolute Gasteiger partial charge is 0.269 e. The maximum atomic E-state index is 11.4. The van der Waals surface area contributed by atoms with Crippen molar-refractivity contribution in [1.82, 2.24) is 0 Å². The van der Waals surface area contributed by atoms with Gasteiger partial charge in [0.05, 0.1) is 51.2 Å². The predicted molar refractivity (Wildman–Crippen MR) is 259 cm³/mol. The van der Waals surface area contributed by atoms with Crippen LogP contribution >= 0.6 is 0 Å². The second-order valence-corrected chi connectivity index (χ2v) is 17.5. The highest BCUT2D eigenvalue weighted by atomic mass is 16.8. The Balaban J connectivity index is 1.10. The number of rotatable bonds is 23. The van der Waals surface area contributed by atoms with E-state index in [0.29, 0.717) is 13.0 Å². The Morgan fingerprint density at radius 2 is 1.21 bits per heavy atom. The Morgan fingerprint density at radius 1 is 0.648 bits per heavy atom. The zero-order valence-corrected chi connectivity index (χ0v) is 39.0. The summed E-state index contributed by atoms with van der Waals surface area (Å²) in [5.41, 5.74) is 15.6. The number of hydrogen-bond acceptors (Lipinski definition) is 13. The number of ether oxygens (including phenoxy) is 10. The Bertz CT molecular complexity index is 2600. The van der Waals surface area contributed by atoms with E-state index in [9.17, 15) is 15.6 Å². The minimum Gasteiger partial charge on any atom is -0.374 e. The average Bonchev–Trinajstić information content (AvgIpc) is 3.70. The zero-order chi connectivity index (χ0) is 48.7. The van der Waals surface area contributed by atoms with Crippen LogP contribution < -0.4 is 0 Å².